The Labute approximate surface area is 220 Å². The summed E-state index contributed by atoms with van der Waals surface area (Å²) in [6.45, 7) is 13.5. The SMILES string of the molecule is C/C=C(\C=NC)c1cc(C(F)(F)F)ccc1C1=NCC=C(N)c2cnccc21.CC.CCC.CCNC. The average Bonchev–Trinajstić information content (AvgIpc) is 3.07. The molecule has 0 aliphatic carbocycles. The minimum Gasteiger partial charge on any atom is -0.398 e. The molecule has 1 aliphatic rings. The number of aromatic nitrogens is 1. The molecule has 3 rings (SSSR count). The first-order valence-corrected chi connectivity index (χ1v) is 12.6. The Balaban J connectivity index is 0.00000126. The molecule has 1 aromatic heterocycles. The zero-order valence-corrected chi connectivity index (χ0v) is 23.4. The predicted molar refractivity (Wildman–Crippen MR) is 153 cm³/mol. The van der Waals surface area contributed by atoms with Gasteiger partial charge in [0.25, 0.3) is 0 Å². The van der Waals surface area contributed by atoms with E-state index in [0.29, 0.717) is 40.2 Å². The van der Waals surface area contributed by atoms with Gasteiger partial charge in [-0.25, -0.2) is 0 Å². The maximum atomic E-state index is 13.3. The predicted octanol–water partition coefficient (Wildman–Crippen LogP) is 7.02. The molecular formula is C29H42F3N5. The van der Waals surface area contributed by atoms with Crippen molar-refractivity contribution in [3.8, 4) is 0 Å². The van der Waals surface area contributed by atoms with Crippen molar-refractivity contribution in [1.82, 2.24) is 10.3 Å². The van der Waals surface area contributed by atoms with Gasteiger partial charge in [-0.2, -0.15) is 13.2 Å². The van der Waals surface area contributed by atoms with Crippen molar-refractivity contribution >= 4 is 23.2 Å². The van der Waals surface area contributed by atoms with E-state index in [1.807, 2.05) is 20.9 Å². The standard InChI is InChI=1S/C21H19F3N4.C3H9N.C3H8.C2H6/c1-3-13(11-26-2)17-10-14(21(22,23)24)4-5-15(17)20-16-6-8-27-12-18(16)19(25)7-9-28-20;1-3-4-2;1-3-2;1-2/h3-8,10-12H,9,25H2,1-2H3;4H,3H2,1-2H3;3H2,1-2H3;1-2H3/b13-3+,26-11?;;;. The van der Waals surface area contributed by atoms with Gasteiger partial charge in [-0.05, 0) is 55.9 Å². The third-order valence-corrected chi connectivity index (χ3v) is 4.79. The van der Waals surface area contributed by atoms with Crippen molar-refractivity contribution in [2.24, 2.45) is 15.7 Å². The van der Waals surface area contributed by atoms with Crippen LogP contribution in [0.4, 0.5) is 13.2 Å². The topological polar surface area (TPSA) is 75.7 Å². The molecule has 0 spiro atoms. The fourth-order valence-corrected chi connectivity index (χ4v) is 3.10. The van der Waals surface area contributed by atoms with Gasteiger partial charge < -0.3 is 11.1 Å². The minimum atomic E-state index is -4.45. The Kier molecular flexibility index (Phi) is 16.5. The molecule has 1 aromatic carbocycles. The quantitative estimate of drug-likeness (QED) is 0.428. The van der Waals surface area contributed by atoms with Gasteiger partial charge in [0.15, 0.2) is 0 Å². The van der Waals surface area contributed by atoms with E-state index in [1.54, 1.807) is 44.6 Å². The third kappa shape index (κ3) is 10.3. The van der Waals surface area contributed by atoms with Crippen molar-refractivity contribution < 1.29 is 13.2 Å². The second kappa shape index (κ2) is 18.1. The summed E-state index contributed by atoms with van der Waals surface area (Å²) in [5.74, 6) is 0. The monoisotopic (exact) mass is 517 g/mol. The fraction of sp³-hybridized carbons (Fsp3) is 0.414. The number of aliphatic imine (C=N–C) groups is 2. The average molecular weight is 518 g/mol. The van der Waals surface area contributed by atoms with Crippen LogP contribution < -0.4 is 11.1 Å². The molecule has 0 amide bonds. The molecule has 0 atom stereocenters. The lowest BCUT2D eigenvalue weighted by Crippen LogP contribution is -2.13. The molecule has 0 radical (unpaired) electrons. The minimum absolute atomic E-state index is 0.323. The number of nitrogens with two attached hydrogens (primary N) is 1. The molecule has 1 aliphatic heterocycles. The molecule has 37 heavy (non-hydrogen) atoms. The highest BCUT2D eigenvalue weighted by Gasteiger charge is 2.32. The van der Waals surface area contributed by atoms with Gasteiger partial charge in [0.2, 0.25) is 0 Å². The number of alkyl halides is 3. The summed E-state index contributed by atoms with van der Waals surface area (Å²) in [6.07, 6.45) is 5.08. The zero-order chi connectivity index (χ0) is 28.4. The second-order valence-electron chi connectivity index (χ2n) is 7.57. The number of halogens is 3. The maximum Gasteiger partial charge on any atom is 0.416 e. The van der Waals surface area contributed by atoms with E-state index in [-0.39, 0.29) is 0 Å². The zero-order valence-electron chi connectivity index (χ0n) is 23.4. The lowest BCUT2D eigenvalue weighted by molar-refractivity contribution is -0.137. The van der Waals surface area contributed by atoms with Crippen molar-refractivity contribution in [1.29, 1.82) is 0 Å². The highest BCUT2D eigenvalue weighted by molar-refractivity contribution is 6.21. The lowest BCUT2D eigenvalue weighted by Gasteiger charge is -2.17. The Morgan fingerprint density at radius 2 is 1.73 bits per heavy atom. The van der Waals surface area contributed by atoms with Gasteiger partial charge >= 0.3 is 6.18 Å². The van der Waals surface area contributed by atoms with Crippen LogP contribution in [0.15, 0.2) is 58.8 Å². The van der Waals surface area contributed by atoms with Crippen LogP contribution in [0.1, 0.15) is 75.8 Å². The smallest absolute Gasteiger partial charge is 0.398 e. The number of rotatable bonds is 4. The number of nitrogens with one attached hydrogen (secondary N) is 1. The summed E-state index contributed by atoms with van der Waals surface area (Å²) < 4.78 is 40.0. The van der Waals surface area contributed by atoms with E-state index in [9.17, 15) is 13.2 Å². The first-order chi connectivity index (χ1) is 17.7. The van der Waals surface area contributed by atoms with Crippen molar-refractivity contribution in [3.05, 3.63) is 76.6 Å². The van der Waals surface area contributed by atoms with Crippen LogP contribution in [-0.4, -0.2) is 44.1 Å². The maximum absolute atomic E-state index is 13.3. The number of benzene rings is 1. The summed E-state index contributed by atoms with van der Waals surface area (Å²) in [7, 11) is 3.51. The number of fused-ring (bicyclic) bond motifs is 1. The van der Waals surface area contributed by atoms with Gasteiger partial charge in [0.1, 0.15) is 0 Å². The first-order valence-electron chi connectivity index (χ1n) is 12.6. The Hall–Kier alpha value is -3.26. The Morgan fingerprint density at radius 1 is 1.11 bits per heavy atom. The van der Waals surface area contributed by atoms with Crippen LogP contribution >= 0.6 is 0 Å². The van der Waals surface area contributed by atoms with Crippen LogP contribution in [0.25, 0.3) is 11.3 Å². The molecule has 0 saturated heterocycles. The van der Waals surface area contributed by atoms with Crippen molar-refractivity contribution in [2.75, 3.05) is 27.2 Å². The van der Waals surface area contributed by atoms with Gasteiger partial charge in [0.05, 0.1) is 17.8 Å². The summed E-state index contributed by atoms with van der Waals surface area (Å²) in [6, 6.07) is 5.43. The molecule has 2 aromatic rings. The summed E-state index contributed by atoms with van der Waals surface area (Å²) in [5.41, 5.74) is 9.49. The Morgan fingerprint density at radius 3 is 2.24 bits per heavy atom. The summed E-state index contributed by atoms with van der Waals surface area (Å²) in [5, 5.41) is 2.93. The third-order valence-electron chi connectivity index (χ3n) is 4.79. The van der Waals surface area contributed by atoms with Gasteiger partial charge in [-0.3, -0.25) is 15.0 Å². The van der Waals surface area contributed by atoms with E-state index in [1.165, 1.54) is 18.7 Å². The number of hydrogen-bond acceptors (Lipinski definition) is 5. The van der Waals surface area contributed by atoms with E-state index in [2.05, 4.69) is 41.1 Å². The second-order valence-corrected chi connectivity index (χ2v) is 7.57. The molecule has 204 valence electrons. The molecular weight excluding hydrogens is 475 g/mol. The molecule has 0 unspecified atom stereocenters. The molecule has 0 fully saturated rings. The molecule has 0 saturated carbocycles. The number of nitrogens with zero attached hydrogens (tertiary/aromatic N) is 3. The highest BCUT2D eigenvalue weighted by Crippen LogP contribution is 2.34. The normalized spacial score (nSPS) is 12.9. The fourth-order valence-electron chi connectivity index (χ4n) is 3.10. The van der Waals surface area contributed by atoms with E-state index >= 15 is 0 Å². The van der Waals surface area contributed by atoms with Crippen LogP contribution in [0.2, 0.25) is 0 Å². The molecule has 8 heteroatoms. The van der Waals surface area contributed by atoms with Gasteiger partial charge in [-0.1, -0.05) is 53.2 Å². The van der Waals surface area contributed by atoms with Crippen molar-refractivity contribution in [2.45, 2.75) is 54.1 Å². The molecule has 5 nitrogen and oxygen atoms in total. The van der Waals surface area contributed by atoms with E-state index < -0.39 is 11.7 Å². The summed E-state index contributed by atoms with van der Waals surface area (Å²) in [4.78, 5) is 12.7. The molecule has 0 bridgehead atoms. The van der Waals surface area contributed by atoms with Crippen LogP contribution in [-0.2, 0) is 6.18 Å². The lowest BCUT2D eigenvalue weighted by atomic mass is 9.90. The van der Waals surface area contributed by atoms with Gasteiger partial charge in [-0.15, -0.1) is 0 Å². The van der Waals surface area contributed by atoms with Crippen LogP contribution in [0.3, 0.4) is 0 Å². The van der Waals surface area contributed by atoms with E-state index in [4.69, 9.17) is 5.73 Å². The van der Waals surface area contributed by atoms with Gasteiger partial charge in [0, 0.05) is 48.0 Å². The first kappa shape index (κ1) is 33.7. The molecule has 2 heterocycles. The van der Waals surface area contributed by atoms with Crippen LogP contribution in [0, 0.1) is 0 Å². The van der Waals surface area contributed by atoms with E-state index in [0.717, 1.165) is 24.2 Å². The van der Waals surface area contributed by atoms with Crippen molar-refractivity contribution in [3.63, 3.8) is 0 Å². The highest BCUT2D eigenvalue weighted by atomic mass is 19.4. The van der Waals surface area contributed by atoms with Crippen LogP contribution in [0.5, 0.6) is 0 Å². The molecule has 3 N–H and O–H groups in total. The number of pyridine rings is 1. The number of allylic oxidation sites excluding steroid dienone is 2. The Bertz CT molecular complexity index is 1070. The summed E-state index contributed by atoms with van der Waals surface area (Å²) >= 11 is 0. The number of hydrogen-bond donors (Lipinski definition) is 2. The largest absolute Gasteiger partial charge is 0.416 e.